The summed E-state index contributed by atoms with van der Waals surface area (Å²) in [5, 5.41) is 4.93. The first-order valence-corrected chi connectivity index (χ1v) is 10.8. The summed E-state index contributed by atoms with van der Waals surface area (Å²) >= 11 is 3.41. The van der Waals surface area contributed by atoms with Crippen molar-refractivity contribution in [3.63, 3.8) is 0 Å². The Hall–Kier alpha value is -3.00. The molecule has 7 nitrogen and oxygen atoms in total. The van der Waals surface area contributed by atoms with Crippen molar-refractivity contribution in [3.8, 4) is 5.75 Å². The molecule has 1 aromatic heterocycles. The number of hydrogen-bond donors (Lipinski definition) is 0. The quantitative estimate of drug-likeness (QED) is 0.350. The van der Waals surface area contributed by atoms with Crippen LogP contribution >= 0.6 is 15.9 Å². The normalized spacial score (nSPS) is 12.3. The van der Waals surface area contributed by atoms with Crippen molar-refractivity contribution in [2.75, 3.05) is 7.11 Å². The summed E-state index contributed by atoms with van der Waals surface area (Å²) in [6.45, 7) is 3.69. The second kappa shape index (κ2) is 10.3. The summed E-state index contributed by atoms with van der Waals surface area (Å²) in [7, 11) is 1.31. The van der Waals surface area contributed by atoms with Gasteiger partial charge in [-0.05, 0) is 43.7 Å². The van der Waals surface area contributed by atoms with Crippen LogP contribution in [-0.4, -0.2) is 35.1 Å². The predicted molar refractivity (Wildman–Crippen MR) is 124 cm³/mol. The molecule has 0 bridgehead atoms. The van der Waals surface area contributed by atoms with Crippen LogP contribution in [0.3, 0.4) is 0 Å². The monoisotopic (exact) mass is 485 g/mol. The number of halogens is 1. The number of methoxy groups -OCH3 is 1. The molecule has 1 heterocycles. The lowest BCUT2D eigenvalue weighted by Gasteiger charge is -2.14. The number of carbonyl (C=O) groups excluding carboxylic acids is 1. The van der Waals surface area contributed by atoms with E-state index in [2.05, 4.69) is 32.9 Å². The summed E-state index contributed by atoms with van der Waals surface area (Å²) < 4.78 is 12.6. The SMILES string of the molecule is CCCCc1nc2ccc(Br)cc2c(=O)n1N=Cc1ccccc1O[C@H](C)C(=O)OC. The number of carbonyl (C=O) groups is 1. The largest absolute Gasteiger partial charge is 0.478 e. The fourth-order valence-electron chi connectivity index (χ4n) is 3.03. The van der Waals surface area contributed by atoms with Gasteiger partial charge in [-0.3, -0.25) is 4.79 Å². The van der Waals surface area contributed by atoms with Crippen LogP contribution in [0.2, 0.25) is 0 Å². The maximum atomic E-state index is 13.2. The summed E-state index contributed by atoms with van der Waals surface area (Å²) in [6, 6.07) is 12.6. The van der Waals surface area contributed by atoms with E-state index in [0.29, 0.717) is 34.5 Å². The Morgan fingerprint density at radius 2 is 2.06 bits per heavy atom. The van der Waals surface area contributed by atoms with Crippen LogP contribution in [0, 0.1) is 0 Å². The molecule has 3 aromatic rings. The minimum Gasteiger partial charge on any atom is -0.478 e. The third-order valence-electron chi connectivity index (χ3n) is 4.70. The molecule has 3 rings (SSSR count). The molecule has 0 N–H and O–H groups in total. The number of rotatable bonds is 8. The Labute approximate surface area is 188 Å². The van der Waals surface area contributed by atoms with Gasteiger partial charge in [-0.1, -0.05) is 41.4 Å². The van der Waals surface area contributed by atoms with E-state index in [4.69, 9.17) is 9.47 Å². The number of aromatic nitrogens is 2. The smallest absolute Gasteiger partial charge is 0.346 e. The zero-order valence-corrected chi connectivity index (χ0v) is 19.3. The van der Waals surface area contributed by atoms with Gasteiger partial charge >= 0.3 is 5.97 Å². The van der Waals surface area contributed by atoms with Gasteiger partial charge in [-0.2, -0.15) is 9.78 Å². The summed E-state index contributed by atoms with van der Waals surface area (Å²) in [4.78, 5) is 29.6. The number of unbranched alkanes of at least 4 members (excludes halogenated alkanes) is 1. The Morgan fingerprint density at radius 3 is 2.81 bits per heavy atom. The molecule has 1 atom stereocenters. The standard InChI is InChI=1S/C23H24BrN3O4/c1-4-5-10-21-26-19-12-11-17(24)13-18(19)22(28)27(21)25-14-16-8-6-7-9-20(16)31-15(2)23(29)30-3/h6-9,11-15H,4-5,10H2,1-3H3/t15-/m1/s1. The van der Waals surface area contributed by atoms with Crippen molar-refractivity contribution < 1.29 is 14.3 Å². The lowest BCUT2D eigenvalue weighted by atomic mass is 10.2. The van der Waals surface area contributed by atoms with Crippen molar-refractivity contribution in [3.05, 3.63) is 68.7 Å². The first kappa shape index (κ1) is 22.7. The number of hydrogen-bond acceptors (Lipinski definition) is 6. The van der Waals surface area contributed by atoms with Crippen molar-refractivity contribution in [1.29, 1.82) is 0 Å². The van der Waals surface area contributed by atoms with E-state index in [1.807, 2.05) is 18.2 Å². The van der Waals surface area contributed by atoms with Crippen molar-refractivity contribution in [2.45, 2.75) is 39.2 Å². The van der Waals surface area contributed by atoms with E-state index in [1.54, 1.807) is 37.4 Å². The van der Waals surface area contributed by atoms with Gasteiger partial charge in [0.05, 0.1) is 24.2 Å². The molecular formula is C23H24BrN3O4. The zero-order valence-electron chi connectivity index (χ0n) is 17.7. The third-order valence-corrected chi connectivity index (χ3v) is 5.19. The number of nitrogens with zero attached hydrogens (tertiary/aromatic N) is 3. The average molecular weight is 486 g/mol. The highest BCUT2D eigenvalue weighted by molar-refractivity contribution is 9.10. The van der Waals surface area contributed by atoms with E-state index in [-0.39, 0.29) is 5.56 Å². The number of benzene rings is 2. The number of ether oxygens (including phenoxy) is 2. The van der Waals surface area contributed by atoms with Gasteiger partial charge in [-0.15, -0.1) is 0 Å². The first-order valence-electron chi connectivity index (χ1n) is 10.0. The van der Waals surface area contributed by atoms with Crippen molar-refractivity contribution in [2.24, 2.45) is 5.10 Å². The summed E-state index contributed by atoms with van der Waals surface area (Å²) in [5.41, 5.74) is 1.03. The van der Waals surface area contributed by atoms with E-state index >= 15 is 0 Å². The van der Waals surface area contributed by atoms with Crippen LogP contribution in [0.1, 0.15) is 38.1 Å². The second-order valence-corrected chi connectivity index (χ2v) is 7.89. The highest BCUT2D eigenvalue weighted by Gasteiger charge is 2.16. The predicted octanol–water partition coefficient (Wildman–Crippen LogP) is 4.32. The molecule has 2 aromatic carbocycles. The fraction of sp³-hybridized carbons (Fsp3) is 0.304. The number of aryl methyl sites for hydroxylation is 1. The van der Waals surface area contributed by atoms with Crippen LogP contribution in [0.25, 0.3) is 10.9 Å². The fourth-order valence-corrected chi connectivity index (χ4v) is 3.39. The van der Waals surface area contributed by atoms with Crippen LogP contribution in [0.4, 0.5) is 0 Å². The van der Waals surface area contributed by atoms with Crippen LogP contribution in [-0.2, 0) is 16.0 Å². The highest BCUT2D eigenvalue weighted by atomic mass is 79.9. The summed E-state index contributed by atoms with van der Waals surface area (Å²) in [5.74, 6) is 0.581. The van der Waals surface area contributed by atoms with E-state index < -0.39 is 12.1 Å². The van der Waals surface area contributed by atoms with Crippen molar-refractivity contribution >= 4 is 39.0 Å². The minimum atomic E-state index is -0.776. The molecule has 8 heteroatoms. The Kier molecular flexibility index (Phi) is 7.57. The third kappa shape index (κ3) is 5.38. The lowest BCUT2D eigenvalue weighted by molar-refractivity contribution is -0.147. The molecule has 0 saturated carbocycles. The molecule has 162 valence electrons. The molecule has 0 radical (unpaired) electrons. The molecule has 0 fully saturated rings. The van der Waals surface area contributed by atoms with Gasteiger partial charge in [-0.25, -0.2) is 9.78 Å². The molecular weight excluding hydrogens is 462 g/mol. The van der Waals surface area contributed by atoms with Gasteiger partial charge in [0.25, 0.3) is 5.56 Å². The Morgan fingerprint density at radius 1 is 1.29 bits per heavy atom. The molecule has 0 aliphatic heterocycles. The zero-order chi connectivity index (χ0) is 22.4. The van der Waals surface area contributed by atoms with Gasteiger partial charge in [0, 0.05) is 16.5 Å². The van der Waals surface area contributed by atoms with E-state index in [0.717, 1.165) is 17.3 Å². The van der Waals surface area contributed by atoms with Crippen LogP contribution in [0.15, 0.2) is 56.8 Å². The topological polar surface area (TPSA) is 82.8 Å². The molecule has 0 unspecified atom stereocenters. The van der Waals surface area contributed by atoms with Gasteiger partial charge in [0.2, 0.25) is 0 Å². The van der Waals surface area contributed by atoms with Gasteiger partial charge in [0.1, 0.15) is 11.6 Å². The second-order valence-electron chi connectivity index (χ2n) is 6.98. The number of fused-ring (bicyclic) bond motifs is 1. The lowest BCUT2D eigenvalue weighted by Crippen LogP contribution is -2.25. The molecule has 0 aliphatic carbocycles. The first-order chi connectivity index (χ1) is 14.9. The highest BCUT2D eigenvalue weighted by Crippen LogP contribution is 2.19. The Bertz CT molecular complexity index is 1170. The van der Waals surface area contributed by atoms with E-state index in [9.17, 15) is 9.59 Å². The van der Waals surface area contributed by atoms with Gasteiger partial charge in [0.15, 0.2) is 6.10 Å². The number of para-hydroxylation sites is 1. The molecule has 0 saturated heterocycles. The van der Waals surface area contributed by atoms with Gasteiger partial charge < -0.3 is 9.47 Å². The maximum absolute atomic E-state index is 13.2. The average Bonchev–Trinajstić information content (AvgIpc) is 2.78. The molecule has 31 heavy (non-hydrogen) atoms. The summed E-state index contributed by atoms with van der Waals surface area (Å²) in [6.07, 6.45) is 3.26. The molecule has 0 spiro atoms. The molecule has 0 amide bonds. The van der Waals surface area contributed by atoms with Crippen LogP contribution in [0.5, 0.6) is 5.75 Å². The Balaban J connectivity index is 2.04. The number of esters is 1. The minimum absolute atomic E-state index is 0.241. The maximum Gasteiger partial charge on any atom is 0.346 e. The van der Waals surface area contributed by atoms with Crippen LogP contribution < -0.4 is 10.3 Å². The molecule has 0 aliphatic rings. The van der Waals surface area contributed by atoms with E-state index in [1.165, 1.54) is 11.8 Å². The van der Waals surface area contributed by atoms with Crippen molar-refractivity contribution in [1.82, 2.24) is 9.66 Å².